The zero-order valence-corrected chi connectivity index (χ0v) is 25.3. The lowest BCUT2D eigenvalue weighted by atomic mass is 10.0. The number of primary amides is 1. The number of piperidine rings is 1. The SMILES string of the molecule is C/C=C/C=C1/N=C(c2cccnc2N)N(c2ccc(CN3CCC(Nc4ccnc(C#N)n4)CC3)cc2)C1=N.CC.NC=O. The Bertz CT molecular complexity index is 1530. The highest BCUT2D eigenvalue weighted by Gasteiger charge is 2.30. The van der Waals surface area contributed by atoms with E-state index < -0.39 is 0 Å². The highest BCUT2D eigenvalue weighted by atomic mass is 16.1. The number of nitrogens with one attached hydrogen (secondary N) is 2. The Kier molecular flexibility index (Phi) is 12.7. The molecule has 1 saturated heterocycles. The minimum atomic E-state index is 0.178. The number of anilines is 3. The summed E-state index contributed by atoms with van der Waals surface area (Å²) in [7, 11) is 0. The number of nitrogens with two attached hydrogens (primary N) is 2. The first kappa shape index (κ1) is 33.1. The number of hydrogen-bond acceptors (Lipinski definition) is 10. The molecular formula is C32H39N11O. The lowest BCUT2D eigenvalue weighted by molar-refractivity contribution is -0.106. The van der Waals surface area contributed by atoms with Gasteiger partial charge in [0.05, 0.1) is 5.56 Å². The Labute approximate surface area is 258 Å². The minimum absolute atomic E-state index is 0.178. The average molecular weight is 594 g/mol. The van der Waals surface area contributed by atoms with Crippen molar-refractivity contribution in [3.05, 3.63) is 95.7 Å². The Morgan fingerprint density at radius 3 is 2.45 bits per heavy atom. The van der Waals surface area contributed by atoms with Gasteiger partial charge in [-0.3, -0.25) is 20.0 Å². The van der Waals surface area contributed by atoms with Gasteiger partial charge in [0.25, 0.3) is 0 Å². The van der Waals surface area contributed by atoms with Crippen molar-refractivity contribution in [3.63, 3.8) is 0 Å². The molecule has 12 nitrogen and oxygen atoms in total. The second kappa shape index (κ2) is 16.9. The van der Waals surface area contributed by atoms with Gasteiger partial charge in [-0.1, -0.05) is 38.1 Å². The van der Waals surface area contributed by atoms with Crippen LogP contribution in [-0.4, -0.2) is 57.1 Å². The molecule has 1 aromatic carbocycles. The van der Waals surface area contributed by atoms with Crippen molar-refractivity contribution >= 4 is 35.4 Å². The van der Waals surface area contributed by atoms with E-state index in [1.807, 2.05) is 74.2 Å². The summed E-state index contributed by atoms with van der Waals surface area (Å²) in [5, 5.41) is 21.3. The van der Waals surface area contributed by atoms with Crippen LogP contribution in [0.2, 0.25) is 0 Å². The maximum atomic E-state index is 9.01. The Morgan fingerprint density at radius 1 is 1.11 bits per heavy atom. The van der Waals surface area contributed by atoms with Crippen LogP contribution in [0.3, 0.4) is 0 Å². The molecule has 228 valence electrons. The number of aliphatic imine (C=N–C) groups is 1. The number of nitriles is 1. The number of pyridine rings is 1. The quantitative estimate of drug-likeness (QED) is 0.291. The zero-order chi connectivity index (χ0) is 31.9. The fourth-order valence-corrected chi connectivity index (χ4v) is 4.73. The molecule has 3 aromatic rings. The van der Waals surface area contributed by atoms with Crippen LogP contribution in [0.1, 0.15) is 50.6 Å². The second-order valence-corrected chi connectivity index (χ2v) is 9.51. The van der Waals surface area contributed by atoms with E-state index >= 15 is 0 Å². The summed E-state index contributed by atoms with van der Waals surface area (Å²) in [5.74, 6) is 2.13. The van der Waals surface area contributed by atoms with E-state index in [4.69, 9.17) is 26.2 Å². The molecule has 44 heavy (non-hydrogen) atoms. The first-order chi connectivity index (χ1) is 21.5. The van der Waals surface area contributed by atoms with Gasteiger partial charge in [-0.05, 0) is 61.7 Å². The van der Waals surface area contributed by atoms with E-state index in [-0.39, 0.29) is 12.2 Å². The first-order valence-corrected chi connectivity index (χ1v) is 14.4. The van der Waals surface area contributed by atoms with E-state index in [9.17, 15) is 0 Å². The van der Waals surface area contributed by atoms with Crippen LogP contribution < -0.4 is 21.7 Å². The molecule has 0 bridgehead atoms. The van der Waals surface area contributed by atoms with Crippen LogP contribution in [0.25, 0.3) is 0 Å². The molecule has 0 radical (unpaired) electrons. The molecule has 1 amide bonds. The largest absolute Gasteiger partial charge is 0.383 e. The summed E-state index contributed by atoms with van der Waals surface area (Å²) in [5.41, 5.74) is 13.6. The van der Waals surface area contributed by atoms with Crippen molar-refractivity contribution < 1.29 is 4.79 Å². The first-order valence-electron chi connectivity index (χ1n) is 14.4. The van der Waals surface area contributed by atoms with Crippen molar-refractivity contribution in [2.75, 3.05) is 29.0 Å². The molecule has 12 heteroatoms. The van der Waals surface area contributed by atoms with Gasteiger partial charge in [0, 0.05) is 43.8 Å². The number of aromatic nitrogens is 3. The van der Waals surface area contributed by atoms with Gasteiger partial charge < -0.3 is 16.8 Å². The standard InChI is InChI=1S/C29H30N10.C2H6.CH3NO/c1-2-3-6-24-28(32)39(29(36-24)23-5-4-14-34-27(23)31)22-9-7-20(8-10-22)19-38-16-12-21(13-17-38)35-25-11-15-33-26(18-30)37-25;1-2;2-1-3/h2-11,14-15,21,32H,12-13,16-17,19H2,1H3,(H2,31,34)(H,33,35,37);1-2H3;1H,(H2,2,3)/b3-2+,24-6+,32-28?;;. The minimum Gasteiger partial charge on any atom is -0.383 e. The van der Waals surface area contributed by atoms with Crippen LogP contribution >= 0.6 is 0 Å². The number of amidine groups is 2. The summed E-state index contributed by atoms with van der Waals surface area (Å²) in [6.07, 6.45) is 11.1. The van der Waals surface area contributed by atoms with Gasteiger partial charge in [0.2, 0.25) is 12.2 Å². The number of nitrogen functional groups attached to an aromatic ring is 1. The number of nitrogens with zero attached hydrogens (tertiary/aromatic N) is 7. The molecule has 0 aliphatic carbocycles. The highest BCUT2D eigenvalue weighted by Crippen LogP contribution is 2.29. The number of likely N-dealkylation sites (tertiary alicyclic amines) is 1. The van der Waals surface area contributed by atoms with Crippen molar-refractivity contribution in [2.45, 2.75) is 46.2 Å². The van der Waals surface area contributed by atoms with Gasteiger partial charge in [-0.25, -0.2) is 19.9 Å². The maximum absolute atomic E-state index is 9.01. The molecule has 2 aromatic heterocycles. The Balaban J connectivity index is 0.000000997. The van der Waals surface area contributed by atoms with Crippen molar-refractivity contribution in [3.8, 4) is 6.07 Å². The third-order valence-electron chi connectivity index (χ3n) is 6.73. The number of amides is 1. The summed E-state index contributed by atoms with van der Waals surface area (Å²) in [4.78, 5) is 29.9. The monoisotopic (exact) mass is 593 g/mol. The topological polar surface area (TPSA) is 186 Å². The smallest absolute Gasteiger partial charge is 0.234 e. The van der Waals surface area contributed by atoms with Crippen molar-refractivity contribution in [2.24, 2.45) is 10.7 Å². The molecule has 0 saturated carbocycles. The summed E-state index contributed by atoms with van der Waals surface area (Å²) in [6.45, 7) is 8.70. The van der Waals surface area contributed by atoms with Crippen LogP contribution in [0.4, 0.5) is 17.3 Å². The Morgan fingerprint density at radius 2 is 1.82 bits per heavy atom. The third-order valence-corrected chi connectivity index (χ3v) is 6.73. The van der Waals surface area contributed by atoms with Gasteiger partial charge in [-0.15, -0.1) is 0 Å². The van der Waals surface area contributed by atoms with Crippen molar-refractivity contribution in [1.82, 2.24) is 19.9 Å². The lowest BCUT2D eigenvalue weighted by Gasteiger charge is -2.32. The number of hydrogen-bond donors (Lipinski definition) is 4. The number of carbonyl (C=O) groups excluding carboxylic acids is 1. The number of carbonyl (C=O) groups is 1. The molecule has 0 spiro atoms. The summed E-state index contributed by atoms with van der Waals surface area (Å²) >= 11 is 0. The second-order valence-electron chi connectivity index (χ2n) is 9.51. The third kappa shape index (κ3) is 8.56. The number of benzene rings is 1. The molecule has 0 atom stereocenters. The number of rotatable bonds is 7. The molecular weight excluding hydrogens is 554 g/mol. The predicted molar refractivity (Wildman–Crippen MR) is 175 cm³/mol. The van der Waals surface area contributed by atoms with Gasteiger partial charge in [0.1, 0.15) is 23.4 Å². The van der Waals surface area contributed by atoms with Crippen LogP contribution in [-0.2, 0) is 11.3 Å². The van der Waals surface area contributed by atoms with E-state index in [2.05, 4.69) is 43.0 Å². The van der Waals surface area contributed by atoms with E-state index in [0.29, 0.717) is 40.6 Å². The molecule has 2 aliphatic heterocycles. The maximum Gasteiger partial charge on any atom is 0.234 e. The predicted octanol–water partition coefficient (Wildman–Crippen LogP) is 4.23. The lowest BCUT2D eigenvalue weighted by Crippen LogP contribution is -2.38. The van der Waals surface area contributed by atoms with E-state index in [1.54, 1.807) is 18.5 Å². The molecule has 0 unspecified atom stereocenters. The van der Waals surface area contributed by atoms with Crippen molar-refractivity contribution in [1.29, 1.82) is 10.7 Å². The fraction of sp³-hybridized carbons (Fsp3) is 0.281. The molecule has 4 heterocycles. The van der Waals surface area contributed by atoms with Gasteiger partial charge >= 0.3 is 0 Å². The Hall–Kier alpha value is -5.41. The summed E-state index contributed by atoms with van der Waals surface area (Å²) in [6, 6.07) is 16.1. The average Bonchev–Trinajstić information content (AvgIpc) is 3.38. The van der Waals surface area contributed by atoms with Gasteiger partial charge in [0.15, 0.2) is 11.7 Å². The molecule has 5 rings (SSSR count). The summed E-state index contributed by atoms with van der Waals surface area (Å²) < 4.78 is 0. The molecule has 1 fully saturated rings. The molecule has 2 aliphatic rings. The van der Waals surface area contributed by atoms with E-state index in [1.165, 1.54) is 5.56 Å². The van der Waals surface area contributed by atoms with Crippen LogP contribution in [0.5, 0.6) is 0 Å². The zero-order valence-electron chi connectivity index (χ0n) is 25.3. The fourth-order valence-electron chi connectivity index (χ4n) is 4.73. The van der Waals surface area contributed by atoms with E-state index in [0.717, 1.165) is 38.2 Å². The number of allylic oxidation sites excluding steroid dienone is 3. The normalized spacial score (nSPS) is 16.0. The molecule has 6 N–H and O–H groups in total. The van der Waals surface area contributed by atoms with Crippen LogP contribution in [0.15, 0.2) is 83.8 Å². The highest BCUT2D eigenvalue weighted by molar-refractivity contribution is 6.34. The van der Waals surface area contributed by atoms with Crippen LogP contribution in [0, 0.1) is 16.7 Å². The van der Waals surface area contributed by atoms with Gasteiger partial charge in [-0.2, -0.15) is 5.26 Å².